The van der Waals surface area contributed by atoms with E-state index < -0.39 is 12.0 Å². The molecule has 1 aliphatic rings. The Balaban J connectivity index is 0.00000200. The van der Waals surface area contributed by atoms with Gasteiger partial charge in [-0.25, -0.2) is 4.79 Å². The van der Waals surface area contributed by atoms with E-state index in [4.69, 9.17) is 4.74 Å². The van der Waals surface area contributed by atoms with E-state index in [9.17, 15) is 9.59 Å². The van der Waals surface area contributed by atoms with E-state index in [0.29, 0.717) is 5.92 Å². The summed E-state index contributed by atoms with van der Waals surface area (Å²) in [6.45, 7) is 3.61. The van der Waals surface area contributed by atoms with Gasteiger partial charge in [0.15, 0.2) is 6.04 Å². The smallest absolute Gasteiger partial charge is 0.333 e. The van der Waals surface area contributed by atoms with Gasteiger partial charge in [0, 0.05) is 10.8 Å². The Bertz CT molecular complexity index is 448. The summed E-state index contributed by atoms with van der Waals surface area (Å²) >= 11 is 1.43. The Morgan fingerprint density at radius 3 is 2.65 bits per heavy atom. The maximum absolute atomic E-state index is 12.2. The summed E-state index contributed by atoms with van der Waals surface area (Å²) in [6.07, 6.45) is 0. The molecule has 2 N–H and O–H groups in total. The van der Waals surface area contributed by atoms with E-state index in [1.807, 2.05) is 24.4 Å². The standard InChI is InChI=1S/C13H18N2O3S.ClH/c1-8(9-6-14-7-9)12(16)15-11(13(17)18-2)10-4-3-5-19-10;/h3-5,8-9,11,14H,6-7H2,1-2H3,(H,15,16);1H. The Hall–Kier alpha value is -1.11. The fraction of sp³-hybridized carbons (Fsp3) is 0.538. The average Bonchev–Trinajstić information content (AvgIpc) is 2.86. The minimum atomic E-state index is -0.701. The Morgan fingerprint density at radius 1 is 1.50 bits per heavy atom. The first-order chi connectivity index (χ1) is 9.13. The summed E-state index contributed by atoms with van der Waals surface area (Å²) in [5.41, 5.74) is 0. The predicted molar refractivity (Wildman–Crippen MR) is 80.0 cm³/mol. The van der Waals surface area contributed by atoms with E-state index in [1.165, 1.54) is 18.4 Å². The highest BCUT2D eigenvalue weighted by atomic mass is 35.5. The number of hydrogen-bond donors (Lipinski definition) is 2. The van der Waals surface area contributed by atoms with Crippen LogP contribution in [0.25, 0.3) is 0 Å². The van der Waals surface area contributed by atoms with Crippen LogP contribution in [-0.2, 0) is 14.3 Å². The molecule has 2 unspecified atom stereocenters. The topological polar surface area (TPSA) is 67.4 Å². The number of nitrogens with one attached hydrogen (secondary N) is 2. The maximum Gasteiger partial charge on any atom is 0.333 e. The normalized spacial score (nSPS) is 17.3. The second-order valence-electron chi connectivity index (χ2n) is 4.69. The van der Waals surface area contributed by atoms with Gasteiger partial charge in [0.2, 0.25) is 5.91 Å². The van der Waals surface area contributed by atoms with Crippen molar-refractivity contribution in [1.29, 1.82) is 0 Å². The molecule has 1 fully saturated rings. The van der Waals surface area contributed by atoms with Crippen molar-refractivity contribution < 1.29 is 14.3 Å². The molecule has 0 radical (unpaired) electrons. The Labute approximate surface area is 128 Å². The van der Waals surface area contributed by atoms with Crippen molar-refractivity contribution in [2.75, 3.05) is 20.2 Å². The molecule has 2 heterocycles. The molecule has 112 valence electrons. The SMILES string of the molecule is COC(=O)C(NC(=O)C(C)C1CNC1)c1cccs1.Cl. The minimum absolute atomic E-state index is 0. The number of ether oxygens (including phenoxy) is 1. The average molecular weight is 319 g/mol. The molecule has 1 aliphatic heterocycles. The van der Waals surface area contributed by atoms with Gasteiger partial charge in [-0.05, 0) is 30.5 Å². The Morgan fingerprint density at radius 2 is 2.20 bits per heavy atom. The van der Waals surface area contributed by atoms with Gasteiger partial charge in [-0.15, -0.1) is 23.7 Å². The van der Waals surface area contributed by atoms with Crippen molar-refractivity contribution in [3.05, 3.63) is 22.4 Å². The van der Waals surface area contributed by atoms with Crippen LogP contribution >= 0.6 is 23.7 Å². The molecular formula is C13H19ClN2O3S. The quantitative estimate of drug-likeness (QED) is 0.804. The fourth-order valence-corrected chi connectivity index (χ4v) is 2.73. The molecule has 0 aliphatic carbocycles. The van der Waals surface area contributed by atoms with E-state index in [-0.39, 0.29) is 24.2 Å². The molecule has 2 rings (SSSR count). The van der Waals surface area contributed by atoms with Gasteiger partial charge in [-0.3, -0.25) is 4.79 Å². The van der Waals surface area contributed by atoms with Crippen LogP contribution in [0.5, 0.6) is 0 Å². The third-order valence-corrected chi connectivity index (χ3v) is 4.42. The van der Waals surface area contributed by atoms with Crippen molar-refractivity contribution in [2.24, 2.45) is 11.8 Å². The molecule has 0 aromatic carbocycles. The van der Waals surface area contributed by atoms with Crippen molar-refractivity contribution in [3.63, 3.8) is 0 Å². The van der Waals surface area contributed by atoms with Crippen molar-refractivity contribution in [1.82, 2.24) is 10.6 Å². The molecule has 5 nitrogen and oxygen atoms in total. The van der Waals surface area contributed by atoms with Crippen LogP contribution in [0.1, 0.15) is 17.8 Å². The predicted octanol–water partition coefficient (Wildman–Crippen LogP) is 1.36. The Kier molecular flexibility index (Phi) is 6.45. The van der Waals surface area contributed by atoms with Gasteiger partial charge < -0.3 is 15.4 Å². The molecule has 0 bridgehead atoms. The third kappa shape index (κ3) is 3.71. The first-order valence-electron chi connectivity index (χ1n) is 6.25. The highest BCUT2D eigenvalue weighted by molar-refractivity contribution is 7.10. The van der Waals surface area contributed by atoms with E-state index in [2.05, 4.69) is 10.6 Å². The molecule has 20 heavy (non-hydrogen) atoms. The lowest BCUT2D eigenvalue weighted by atomic mass is 9.88. The summed E-state index contributed by atoms with van der Waals surface area (Å²) < 4.78 is 4.76. The lowest BCUT2D eigenvalue weighted by Crippen LogP contribution is -2.50. The number of amides is 1. The number of hydrogen-bond acceptors (Lipinski definition) is 5. The van der Waals surface area contributed by atoms with Crippen LogP contribution in [0.3, 0.4) is 0 Å². The second-order valence-corrected chi connectivity index (χ2v) is 5.67. The zero-order valence-corrected chi connectivity index (χ0v) is 13.1. The highest BCUT2D eigenvalue weighted by Gasteiger charge is 2.32. The van der Waals surface area contributed by atoms with Crippen LogP contribution in [0.4, 0.5) is 0 Å². The van der Waals surface area contributed by atoms with Crippen LogP contribution in [0.15, 0.2) is 17.5 Å². The highest BCUT2D eigenvalue weighted by Crippen LogP contribution is 2.22. The molecule has 0 saturated carbocycles. The van der Waals surface area contributed by atoms with Crippen molar-refractivity contribution in [2.45, 2.75) is 13.0 Å². The van der Waals surface area contributed by atoms with Gasteiger partial charge in [-0.1, -0.05) is 13.0 Å². The maximum atomic E-state index is 12.2. The summed E-state index contributed by atoms with van der Waals surface area (Å²) in [4.78, 5) is 24.7. The van der Waals surface area contributed by atoms with Crippen LogP contribution in [-0.4, -0.2) is 32.1 Å². The lowest BCUT2D eigenvalue weighted by molar-refractivity contribution is -0.146. The van der Waals surface area contributed by atoms with Gasteiger partial charge in [0.25, 0.3) is 0 Å². The zero-order chi connectivity index (χ0) is 13.8. The van der Waals surface area contributed by atoms with Gasteiger partial charge in [-0.2, -0.15) is 0 Å². The van der Waals surface area contributed by atoms with Crippen molar-refractivity contribution in [3.8, 4) is 0 Å². The monoisotopic (exact) mass is 318 g/mol. The van der Waals surface area contributed by atoms with E-state index in [0.717, 1.165) is 18.0 Å². The largest absolute Gasteiger partial charge is 0.467 e. The van der Waals surface area contributed by atoms with Gasteiger partial charge in [0.1, 0.15) is 0 Å². The number of methoxy groups -OCH3 is 1. The molecule has 1 aromatic rings. The second kappa shape index (κ2) is 7.61. The van der Waals surface area contributed by atoms with Crippen LogP contribution < -0.4 is 10.6 Å². The number of carbonyl (C=O) groups excluding carboxylic acids is 2. The number of halogens is 1. The van der Waals surface area contributed by atoms with E-state index in [1.54, 1.807) is 0 Å². The molecule has 1 amide bonds. The summed E-state index contributed by atoms with van der Waals surface area (Å²) in [5, 5.41) is 7.80. The lowest BCUT2D eigenvalue weighted by Gasteiger charge is -2.32. The first kappa shape index (κ1) is 16.9. The molecule has 2 atom stereocenters. The van der Waals surface area contributed by atoms with Gasteiger partial charge in [0.05, 0.1) is 7.11 Å². The molecule has 1 saturated heterocycles. The number of thiophene rings is 1. The minimum Gasteiger partial charge on any atom is -0.467 e. The van der Waals surface area contributed by atoms with Crippen LogP contribution in [0.2, 0.25) is 0 Å². The first-order valence-corrected chi connectivity index (χ1v) is 7.13. The molecular weight excluding hydrogens is 300 g/mol. The van der Waals surface area contributed by atoms with Gasteiger partial charge >= 0.3 is 5.97 Å². The molecule has 7 heteroatoms. The molecule has 0 spiro atoms. The zero-order valence-electron chi connectivity index (χ0n) is 11.4. The summed E-state index contributed by atoms with van der Waals surface area (Å²) in [7, 11) is 1.33. The van der Waals surface area contributed by atoms with Crippen LogP contribution in [0, 0.1) is 11.8 Å². The number of esters is 1. The number of rotatable bonds is 5. The summed E-state index contributed by atoms with van der Waals surface area (Å²) in [5.74, 6) is -0.292. The summed E-state index contributed by atoms with van der Waals surface area (Å²) in [6, 6.07) is 2.97. The third-order valence-electron chi connectivity index (χ3n) is 3.48. The fourth-order valence-electron chi connectivity index (χ4n) is 1.97. The van der Waals surface area contributed by atoms with Crippen molar-refractivity contribution >= 4 is 35.6 Å². The number of carbonyl (C=O) groups is 2. The van der Waals surface area contributed by atoms with E-state index >= 15 is 0 Å². The molecule has 1 aromatic heterocycles.